The molecular weight excluding hydrogens is 356 g/mol. The zero-order chi connectivity index (χ0) is 17.3. The van der Waals surface area contributed by atoms with Crippen LogP contribution in [0.5, 0.6) is 0 Å². The van der Waals surface area contributed by atoms with Crippen LogP contribution in [0, 0.1) is 0 Å². The average molecular weight is 372 g/mol. The van der Waals surface area contributed by atoms with Crippen LogP contribution in [0.3, 0.4) is 0 Å². The Kier molecular flexibility index (Phi) is 5.25. The van der Waals surface area contributed by atoms with Gasteiger partial charge in [0.2, 0.25) is 5.78 Å². The number of rotatable bonds is 5. The summed E-state index contributed by atoms with van der Waals surface area (Å²) in [5.41, 5.74) is 0.572. The Labute approximate surface area is 145 Å². The molecule has 0 aliphatic carbocycles. The highest BCUT2D eigenvalue weighted by Gasteiger charge is 2.43. The van der Waals surface area contributed by atoms with Crippen LogP contribution in [0.15, 0.2) is 23.0 Å². The molecule has 0 amide bonds. The summed E-state index contributed by atoms with van der Waals surface area (Å²) >= 11 is 2.50. The number of carbonyl (C=O) groups is 1. The van der Waals surface area contributed by atoms with E-state index < -0.39 is 37.3 Å². The summed E-state index contributed by atoms with van der Waals surface area (Å²) in [5, 5.41) is 45.3. The van der Waals surface area contributed by atoms with Gasteiger partial charge in [0.1, 0.15) is 24.4 Å². The maximum Gasteiger partial charge on any atom is 0.205 e. The van der Waals surface area contributed by atoms with Crippen molar-refractivity contribution in [3.63, 3.8) is 0 Å². The standard InChI is InChI=1S/C14H16N2O6S2/c17-4-7-10(19)11(20)12(21)13(22-7)16-14-15-3-8(24-14)9(18)6-1-2-23-5-6/h1-3,5,7,10-13,17,19-21H,4H2,(H,15,16)/t7-,10-,11+,12+,13+/m1/s1. The van der Waals surface area contributed by atoms with Crippen LogP contribution >= 0.6 is 22.7 Å². The zero-order valence-electron chi connectivity index (χ0n) is 12.3. The lowest BCUT2D eigenvalue weighted by molar-refractivity contribution is -0.221. The number of nitrogens with zero attached hydrogens (tertiary/aromatic N) is 1. The molecule has 0 spiro atoms. The Morgan fingerprint density at radius 1 is 1.29 bits per heavy atom. The van der Waals surface area contributed by atoms with E-state index in [1.54, 1.807) is 16.8 Å². The monoisotopic (exact) mass is 372 g/mol. The Hall–Kier alpha value is -1.40. The minimum atomic E-state index is -1.47. The normalized spacial score (nSPS) is 30.2. The number of aromatic nitrogens is 1. The molecule has 3 rings (SSSR count). The van der Waals surface area contributed by atoms with Gasteiger partial charge in [-0.05, 0) is 11.4 Å². The third-order valence-electron chi connectivity index (χ3n) is 3.67. The first-order valence-electron chi connectivity index (χ1n) is 7.11. The summed E-state index contributed by atoms with van der Waals surface area (Å²) in [7, 11) is 0. The van der Waals surface area contributed by atoms with E-state index in [2.05, 4.69) is 10.3 Å². The lowest BCUT2D eigenvalue weighted by Crippen LogP contribution is -2.60. The Morgan fingerprint density at radius 2 is 2.08 bits per heavy atom. The average Bonchev–Trinajstić information content (AvgIpc) is 3.26. The minimum absolute atomic E-state index is 0.157. The van der Waals surface area contributed by atoms with Gasteiger partial charge in [-0.15, -0.1) is 0 Å². The van der Waals surface area contributed by atoms with Crippen LogP contribution in [0.25, 0.3) is 0 Å². The van der Waals surface area contributed by atoms with Gasteiger partial charge in [0.15, 0.2) is 11.4 Å². The van der Waals surface area contributed by atoms with Crippen molar-refractivity contribution in [2.45, 2.75) is 30.6 Å². The third kappa shape index (κ3) is 3.35. The molecule has 5 atom stereocenters. The first kappa shape index (κ1) is 17.4. The number of thiophene rings is 1. The number of hydrogen-bond donors (Lipinski definition) is 5. The molecule has 1 saturated heterocycles. The van der Waals surface area contributed by atoms with Crippen molar-refractivity contribution in [2.75, 3.05) is 11.9 Å². The molecule has 0 aromatic carbocycles. The molecule has 24 heavy (non-hydrogen) atoms. The maximum atomic E-state index is 12.2. The lowest BCUT2D eigenvalue weighted by Gasteiger charge is -2.40. The van der Waals surface area contributed by atoms with Gasteiger partial charge in [-0.1, -0.05) is 11.3 Å². The van der Waals surface area contributed by atoms with Crippen molar-refractivity contribution in [3.8, 4) is 0 Å². The second kappa shape index (κ2) is 7.23. The minimum Gasteiger partial charge on any atom is -0.394 e. The van der Waals surface area contributed by atoms with Crippen LogP contribution in [0.1, 0.15) is 15.2 Å². The van der Waals surface area contributed by atoms with Gasteiger partial charge in [-0.3, -0.25) is 4.79 Å². The topological polar surface area (TPSA) is 132 Å². The Bertz CT molecular complexity index is 689. The summed E-state index contributed by atoms with van der Waals surface area (Å²) < 4.78 is 5.34. The molecule has 1 fully saturated rings. The molecule has 2 aromatic rings. The van der Waals surface area contributed by atoms with Crippen LogP contribution in [0.4, 0.5) is 5.13 Å². The second-order valence-electron chi connectivity index (χ2n) is 5.26. The Balaban J connectivity index is 1.71. The molecule has 130 valence electrons. The van der Waals surface area contributed by atoms with E-state index in [4.69, 9.17) is 9.84 Å². The number of carbonyl (C=O) groups excluding carboxylic acids is 1. The summed E-state index contributed by atoms with van der Waals surface area (Å²) in [4.78, 5) is 16.7. The predicted octanol–water partition coefficient (Wildman–Crippen LogP) is -0.353. The molecule has 0 saturated carbocycles. The van der Waals surface area contributed by atoms with Gasteiger partial charge in [-0.25, -0.2) is 4.98 Å². The van der Waals surface area contributed by atoms with Crippen molar-refractivity contribution >= 4 is 33.6 Å². The summed E-state index contributed by atoms with van der Waals surface area (Å²) in [5.74, 6) is -0.157. The molecule has 1 aliphatic rings. The van der Waals surface area contributed by atoms with Crippen molar-refractivity contribution in [1.29, 1.82) is 0 Å². The van der Waals surface area contributed by atoms with E-state index in [9.17, 15) is 20.1 Å². The van der Waals surface area contributed by atoms with Gasteiger partial charge >= 0.3 is 0 Å². The van der Waals surface area contributed by atoms with E-state index in [0.29, 0.717) is 15.6 Å². The highest BCUT2D eigenvalue weighted by atomic mass is 32.1. The number of nitrogens with one attached hydrogen (secondary N) is 1. The number of ketones is 1. The number of thiazole rings is 1. The van der Waals surface area contributed by atoms with Crippen molar-refractivity contribution in [3.05, 3.63) is 33.5 Å². The van der Waals surface area contributed by atoms with Crippen molar-refractivity contribution in [2.24, 2.45) is 0 Å². The van der Waals surface area contributed by atoms with E-state index >= 15 is 0 Å². The summed E-state index contributed by atoms with van der Waals surface area (Å²) in [6.07, 6.45) is -4.97. The van der Waals surface area contributed by atoms with E-state index in [0.717, 1.165) is 11.3 Å². The second-order valence-corrected chi connectivity index (χ2v) is 7.08. The predicted molar refractivity (Wildman–Crippen MR) is 87.3 cm³/mol. The van der Waals surface area contributed by atoms with Gasteiger partial charge in [0, 0.05) is 10.9 Å². The SMILES string of the molecule is O=C(c1ccsc1)c1cnc(N[C@H]2O[C@H](CO)[C@@H](O)[C@H](O)[C@@H]2O)s1. The number of hydrogen-bond acceptors (Lipinski definition) is 10. The number of aliphatic hydroxyl groups excluding tert-OH is 4. The molecule has 5 N–H and O–H groups in total. The van der Waals surface area contributed by atoms with E-state index in [-0.39, 0.29) is 5.78 Å². The molecule has 3 heterocycles. The smallest absolute Gasteiger partial charge is 0.205 e. The largest absolute Gasteiger partial charge is 0.394 e. The molecule has 1 aliphatic heterocycles. The van der Waals surface area contributed by atoms with Crippen molar-refractivity contribution < 1.29 is 30.0 Å². The molecule has 10 heteroatoms. The van der Waals surface area contributed by atoms with E-state index in [1.807, 2.05) is 0 Å². The zero-order valence-corrected chi connectivity index (χ0v) is 13.9. The molecule has 2 aromatic heterocycles. The molecule has 0 bridgehead atoms. The van der Waals surface area contributed by atoms with Gasteiger partial charge in [0.25, 0.3) is 0 Å². The lowest BCUT2D eigenvalue weighted by atomic mass is 9.98. The third-order valence-corrected chi connectivity index (χ3v) is 5.28. The highest BCUT2D eigenvalue weighted by Crippen LogP contribution is 2.26. The van der Waals surface area contributed by atoms with Crippen LogP contribution < -0.4 is 5.32 Å². The number of aliphatic hydroxyl groups is 4. The fourth-order valence-corrected chi connectivity index (χ4v) is 3.76. The fraction of sp³-hybridized carbons (Fsp3) is 0.429. The summed E-state index contributed by atoms with van der Waals surface area (Å²) in [6, 6.07) is 1.72. The molecule has 0 radical (unpaired) electrons. The number of anilines is 1. The molecule has 0 unspecified atom stereocenters. The Morgan fingerprint density at radius 3 is 2.75 bits per heavy atom. The first-order valence-corrected chi connectivity index (χ1v) is 8.87. The van der Waals surface area contributed by atoms with Crippen molar-refractivity contribution in [1.82, 2.24) is 4.98 Å². The fourth-order valence-electron chi connectivity index (χ4n) is 2.32. The van der Waals surface area contributed by atoms with Gasteiger partial charge in [0.05, 0.1) is 17.7 Å². The molecule has 8 nitrogen and oxygen atoms in total. The van der Waals surface area contributed by atoms with Gasteiger partial charge in [-0.2, -0.15) is 11.3 Å². The maximum absolute atomic E-state index is 12.2. The van der Waals surface area contributed by atoms with Crippen LogP contribution in [-0.2, 0) is 4.74 Å². The molecular formula is C14H16N2O6S2. The summed E-state index contributed by atoms with van der Waals surface area (Å²) in [6.45, 7) is -0.511. The first-order chi connectivity index (χ1) is 11.5. The van der Waals surface area contributed by atoms with Crippen LogP contribution in [0.2, 0.25) is 0 Å². The highest BCUT2D eigenvalue weighted by molar-refractivity contribution is 7.17. The quantitative estimate of drug-likeness (QED) is 0.450. The van der Waals surface area contributed by atoms with Crippen LogP contribution in [-0.4, -0.2) is 68.4 Å². The van der Waals surface area contributed by atoms with E-state index in [1.165, 1.54) is 17.5 Å². The van der Waals surface area contributed by atoms with Gasteiger partial charge < -0.3 is 30.5 Å². The number of ether oxygens (including phenoxy) is 1.